The predicted octanol–water partition coefficient (Wildman–Crippen LogP) is 1.93. The van der Waals surface area contributed by atoms with E-state index in [1.54, 1.807) is 0 Å². The smallest absolute Gasteiger partial charge is 0.314 e. The quantitative estimate of drug-likeness (QED) is 0.716. The predicted molar refractivity (Wildman–Crippen MR) is 65.1 cm³/mol. The number of carbonyl (C=O) groups excluding carboxylic acids is 2. The molecule has 3 fully saturated rings. The summed E-state index contributed by atoms with van der Waals surface area (Å²) in [6.07, 6.45) is 5.85. The molecule has 5 nitrogen and oxygen atoms in total. The zero-order chi connectivity index (χ0) is 13.3. The highest BCUT2D eigenvalue weighted by Gasteiger charge is 2.63. The third-order valence-corrected chi connectivity index (χ3v) is 4.31. The molecule has 1 saturated carbocycles. The van der Waals surface area contributed by atoms with Crippen LogP contribution in [0.2, 0.25) is 0 Å². The van der Waals surface area contributed by atoms with Crippen LogP contribution in [0.1, 0.15) is 51.4 Å². The van der Waals surface area contributed by atoms with Gasteiger partial charge in [-0.25, -0.2) is 0 Å². The summed E-state index contributed by atoms with van der Waals surface area (Å²) in [5.41, 5.74) is -0.449. The van der Waals surface area contributed by atoms with Crippen LogP contribution in [0.5, 0.6) is 0 Å². The Morgan fingerprint density at radius 2 is 2.05 bits per heavy atom. The highest BCUT2D eigenvalue weighted by atomic mass is 16.7. The number of rotatable bonds is 2. The lowest BCUT2D eigenvalue weighted by molar-refractivity contribution is -0.183. The minimum absolute atomic E-state index is 0.130. The zero-order valence-electron chi connectivity index (χ0n) is 11.1. The number of cyclic esters (lactones) is 2. The molecule has 3 atom stereocenters. The average Bonchev–Trinajstić information content (AvgIpc) is 3.13. The summed E-state index contributed by atoms with van der Waals surface area (Å²) in [7, 11) is 0. The Labute approximate surface area is 112 Å². The van der Waals surface area contributed by atoms with Crippen molar-refractivity contribution >= 4 is 11.9 Å². The molecular weight excluding hydrogens is 248 g/mol. The number of hydrogen-bond donors (Lipinski definition) is 0. The maximum Gasteiger partial charge on any atom is 0.314 e. The molecule has 0 N–H and O–H groups in total. The molecule has 0 aromatic carbocycles. The molecule has 2 saturated heterocycles. The van der Waals surface area contributed by atoms with E-state index in [9.17, 15) is 9.59 Å². The van der Waals surface area contributed by atoms with Crippen molar-refractivity contribution in [3.8, 4) is 0 Å². The molecule has 0 bridgehead atoms. The van der Waals surface area contributed by atoms with Crippen molar-refractivity contribution in [1.82, 2.24) is 0 Å². The van der Waals surface area contributed by atoms with E-state index in [2.05, 4.69) is 0 Å². The largest absolute Gasteiger partial charge is 0.465 e. The van der Waals surface area contributed by atoms with E-state index >= 15 is 0 Å². The van der Waals surface area contributed by atoms with Gasteiger partial charge in [-0.15, -0.1) is 0 Å². The molecule has 3 rings (SSSR count). The fourth-order valence-electron chi connectivity index (χ4n) is 3.01. The second-order valence-electron chi connectivity index (χ2n) is 5.74. The van der Waals surface area contributed by atoms with Crippen LogP contribution < -0.4 is 0 Å². The molecule has 2 heterocycles. The van der Waals surface area contributed by atoms with Gasteiger partial charge in [0.1, 0.15) is 0 Å². The van der Waals surface area contributed by atoms with Crippen LogP contribution in [-0.4, -0.2) is 30.9 Å². The maximum absolute atomic E-state index is 12.0. The van der Waals surface area contributed by atoms with Gasteiger partial charge in [0.25, 0.3) is 0 Å². The lowest BCUT2D eigenvalue weighted by Gasteiger charge is -2.18. The van der Waals surface area contributed by atoms with Crippen LogP contribution in [0, 0.1) is 5.41 Å². The van der Waals surface area contributed by atoms with Crippen LogP contribution >= 0.6 is 0 Å². The van der Waals surface area contributed by atoms with Crippen molar-refractivity contribution in [2.45, 2.75) is 63.8 Å². The Morgan fingerprint density at radius 3 is 2.95 bits per heavy atom. The molecule has 3 unspecified atom stereocenters. The molecule has 0 amide bonds. The van der Waals surface area contributed by atoms with Crippen molar-refractivity contribution < 1.29 is 23.8 Å². The number of esters is 2. The fraction of sp³-hybridized carbons (Fsp3) is 0.857. The van der Waals surface area contributed by atoms with Crippen molar-refractivity contribution in [1.29, 1.82) is 0 Å². The normalized spacial score (nSPS) is 39.2. The highest BCUT2D eigenvalue weighted by Crippen LogP contribution is 2.54. The zero-order valence-corrected chi connectivity index (χ0v) is 11.1. The van der Waals surface area contributed by atoms with Gasteiger partial charge in [0, 0.05) is 12.8 Å². The molecule has 3 aliphatic rings. The first-order valence-corrected chi connectivity index (χ1v) is 7.23. The number of ether oxygens (including phenoxy) is 3. The SMILES string of the molecule is O=C1CCCCC(OC2CC23CCCCOC3=O)O1. The molecule has 0 radical (unpaired) electrons. The topological polar surface area (TPSA) is 61.8 Å². The minimum atomic E-state index is -0.476. The van der Waals surface area contributed by atoms with Crippen molar-refractivity contribution in [2.24, 2.45) is 5.41 Å². The molecular formula is C14H20O5. The summed E-state index contributed by atoms with van der Waals surface area (Å²) in [5.74, 6) is -0.324. The lowest BCUT2D eigenvalue weighted by Crippen LogP contribution is -2.27. The van der Waals surface area contributed by atoms with Crippen molar-refractivity contribution in [2.75, 3.05) is 6.61 Å². The second-order valence-corrected chi connectivity index (χ2v) is 5.74. The maximum atomic E-state index is 12.0. The van der Waals surface area contributed by atoms with Gasteiger partial charge in [-0.2, -0.15) is 0 Å². The van der Waals surface area contributed by atoms with Crippen molar-refractivity contribution in [3.05, 3.63) is 0 Å². The molecule has 2 aliphatic heterocycles. The molecule has 1 aliphatic carbocycles. The van der Waals surface area contributed by atoms with Gasteiger partial charge in [0.15, 0.2) is 0 Å². The summed E-state index contributed by atoms with van der Waals surface area (Å²) in [6, 6.07) is 0. The standard InChI is InChI=1S/C14H20O5/c15-11-5-1-2-6-12(19-11)18-10-9-14(10)7-3-4-8-17-13(14)16/h10,12H,1-9H2. The molecule has 5 heteroatoms. The van der Waals surface area contributed by atoms with E-state index in [1.165, 1.54) is 0 Å². The fourth-order valence-corrected chi connectivity index (χ4v) is 3.01. The van der Waals surface area contributed by atoms with E-state index in [1.807, 2.05) is 0 Å². The first kappa shape index (κ1) is 12.9. The Morgan fingerprint density at radius 1 is 1.16 bits per heavy atom. The van der Waals surface area contributed by atoms with E-state index in [4.69, 9.17) is 14.2 Å². The van der Waals surface area contributed by atoms with Crippen molar-refractivity contribution in [3.63, 3.8) is 0 Å². The average molecular weight is 268 g/mol. The number of hydrogen-bond acceptors (Lipinski definition) is 5. The Bertz CT molecular complexity index is 380. The van der Waals surface area contributed by atoms with Gasteiger partial charge >= 0.3 is 11.9 Å². The van der Waals surface area contributed by atoms with Gasteiger partial charge in [-0.3, -0.25) is 9.59 Å². The summed E-state index contributed by atoms with van der Waals surface area (Å²) in [4.78, 5) is 23.4. The van der Waals surface area contributed by atoms with E-state index in [0.717, 1.165) is 38.5 Å². The van der Waals surface area contributed by atoms with Crippen LogP contribution in [0.3, 0.4) is 0 Å². The minimum Gasteiger partial charge on any atom is -0.465 e. The molecule has 106 valence electrons. The van der Waals surface area contributed by atoms with Gasteiger partial charge < -0.3 is 14.2 Å². The van der Waals surface area contributed by atoms with Crippen LogP contribution in [0.25, 0.3) is 0 Å². The highest BCUT2D eigenvalue weighted by molar-refractivity contribution is 5.81. The molecule has 19 heavy (non-hydrogen) atoms. The summed E-state index contributed by atoms with van der Waals surface area (Å²) in [5, 5.41) is 0. The van der Waals surface area contributed by atoms with Gasteiger partial charge in [0.05, 0.1) is 18.1 Å². The Kier molecular flexibility index (Phi) is 3.48. The van der Waals surface area contributed by atoms with Crippen LogP contribution in [-0.2, 0) is 23.8 Å². The summed E-state index contributed by atoms with van der Waals surface area (Å²) in [6.45, 7) is 0.520. The molecule has 0 aromatic heterocycles. The van der Waals surface area contributed by atoms with Crippen LogP contribution in [0.15, 0.2) is 0 Å². The lowest BCUT2D eigenvalue weighted by atomic mass is 10.00. The van der Waals surface area contributed by atoms with E-state index < -0.39 is 11.7 Å². The van der Waals surface area contributed by atoms with Gasteiger partial charge in [-0.1, -0.05) is 0 Å². The third kappa shape index (κ3) is 2.61. The third-order valence-electron chi connectivity index (χ3n) is 4.31. The summed E-state index contributed by atoms with van der Waals surface area (Å²) >= 11 is 0. The van der Waals surface area contributed by atoms with Gasteiger partial charge in [-0.05, 0) is 38.5 Å². The first-order chi connectivity index (χ1) is 9.21. The summed E-state index contributed by atoms with van der Waals surface area (Å²) < 4.78 is 16.3. The molecule has 0 aromatic rings. The van der Waals surface area contributed by atoms with E-state index in [0.29, 0.717) is 19.4 Å². The molecule has 1 spiro atoms. The second kappa shape index (κ2) is 5.12. The van der Waals surface area contributed by atoms with E-state index in [-0.39, 0.29) is 18.0 Å². The first-order valence-electron chi connectivity index (χ1n) is 7.23. The van der Waals surface area contributed by atoms with Crippen LogP contribution in [0.4, 0.5) is 0 Å². The Hall–Kier alpha value is -1.10. The number of carbonyl (C=O) groups is 2. The Balaban J connectivity index is 1.59. The van der Waals surface area contributed by atoms with Gasteiger partial charge in [0.2, 0.25) is 6.29 Å². The monoisotopic (exact) mass is 268 g/mol.